The second-order valence-electron chi connectivity index (χ2n) is 7.38. The third-order valence-corrected chi connectivity index (χ3v) is 5.73. The van der Waals surface area contributed by atoms with Crippen LogP contribution in [0.1, 0.15) is 18.7 Å². The summed E-state index contributed by atoms with van der Waals surface area (Å²) in [5.41, 5.74) is 4.65. The molecule has 0 atom stereocenters. The van der Waals surface area contributed by atoms with Gasteiger partial charge >= 0.3 is 0 Å². The molecule has 0 unspecified atom stereocenters. The second-order valence-corrected chi connectivity index (χ2v) is 7.82. The number of hydrogen-bond donors (Lipinski definition) is 0. The average molecular weight is 407 g/mol. The summed E-state index contributed by atoms with van der Waals surface area (Å²) in [6.45, 7) is 0.892. The van der Waals surface area contributed by atoms with E-state index in [0.717, 1.165) is 65.1 Å². The van der Waals surface area contributed by atoms with Gasteiger partial charge in [0.15, 0.2) is 0 Å². The molecule has 5 rings (SSSR count). The van der Waals surface area contributed by atoms with Gasteiger partial charge in [-0.15, -0.1) is 0 Å². The Hall–Kier alpha value is -2.92. The highest BCUT2D eigenvalue weighted by Gasteiger charge is 2.18. The van der Waals surface area contributed by atoms with Gasteiger partial charge in [-0.2, -0.15) is 0 Å². The van der Waals surface area contributed by atoms with Crippen LogP contribution in [0.5, 0.6) is 0 Å². The predicted octanol–water partition coefficient (Wildman–Crippen LogP) is 5.40. The maximum Gasteiger partial charge on any atom is 0.145 e. The van der Waals surface area contributed by atoms with Crippen molar-refractivity contribution >= 4 is 28.3 Å². The summed E-state index contributed by atoms with van der Waals surface area (Å²) in [7, 11) is 2.03. The normalized spacial score (nSPS) is 14.4. The first-order valence-corrected chi connectivity index (χ1v) is 10.1. The predicted molar refractivity (Wildman–Crippen MR) is 114 cm³/mol. The minimum Gasteiger partial charge on any atom is -0.328 e. The molecule has 29 heavy (non-hydrogen) atoms. The highest BCUT2D eigenvalue weighted by molar-refractivity contribution is 6.30. The summed E-state index contributed by atoms with van der Waals surface area (Å²) in [4.78, 5) is 9.88. The van der Waals surface area contributed by atoms with Crippen molar-refractivity contribution < 1.29 is 4.39 Å². The quantitative estimate of drug-likeness (QED) is 0.438. The minimum absolute atomic E-state index is 0.261. The zero-order valence-corrected chi connectivity index (χ0v) is 16.8. The summed E-state index contributed by atoms with van der Waals surface area (Å²) in [6, 6.07) is 16.3. The van der Waals surface area contributed by atoms with Crippen molar-refractivity contribution in [2.75, 3.05) is 0 Å². The Labute approximate surface area is 172 Å². The molecule has 1 aliphatic rings. The van der Waals surface area contributed by atoms with E-state index in [9.17, 15) is 4.39 Å². The number of benzene rings is 2. The number of hydrogen-bond acceptors (Lipinski definition) is 2. The first kappa shape index (κ1) is 18.1. The van der Waals surface area contributed by atoms with Crippen LogP contribution < -0.4 is 5.49 Å². The van der Waals surface area contributed by atoms with Crippen molar-refractivity contribution in [1.29, 1.82) is 0 Å². The van der Waals surface area contributed by atoms with E-state index in [2.05, 4.69) is 15.2 Å². The lowest BCUT2D eigenvalue weighted by Crippen LogP contribution is -2.29. The van der Waals surface area contributed by atoms with Crippen molar-refractivity contribution in [3.05, 3.63) is 76.7 Å². The molecule has 0 fully saturated rings. The molecule has 0 bridgehead atoms. The molecule has 0 saturated heterocycles. The third-order valence-electron chi connectivity index (χ3n) is 5.48. The van der Waals surface area contributed by atoms with Gasteiger partial charge in [0, 0.05) is 25.0 Å². The largest absolute Gasteiger partial charge is 0.328 e. The highest BCUT2D eigenvalue weighted by Crippen LogP contribution is 2.27. The number of rotatable bonds is 2. The smallest absolute Gasteiger partial charge is 0.145 e. The maximum atomic E-state index is 13.4. The lowest BCUT2D eigenvalue weighted by Gasteiger charge is -2.19. The molecule has 1 aliphatic heterocycles. The van der Waals surface area contributed by atoms with Crippen molar-refractivity contribution in [3.63, 3.8) is 0 Å². The standard InChI is InChI=1S/C23H20ClFN4/c1-28-20(15-5-7-16(24)8-6-15)14-19-22(28)27-21-4-2-3-13-29(21)23(19)26-18-11-9-17(25)10-12-18/h5-12,14H,2-4,13H2,1H3. The molecule has 2 aromatic carbocycles. The molecule has 146 valence electrons. The number of aromatic nitrogens is 3. The monoisotopic (exact) mass is 406 g/mol. The zero-order chi connectivity index (χ0) is 20.0. The van der Waals surface area contributed by atoms with Gasteiger partial charge in [0.1, 0.15) is 22.8 Å². The SMILES string of the molecule is Cn1c(-c2ccc(Cl)cc2)cc2c(=Nc3ccc(F)cc3)n3c(nc21)CCCC3. The van der Waals surface area contributed by atoms with E-state index in [-0.39, 0.29) is 5.82 Å². The van der Waals surface area contributed by atoms with Gasteiger partial charge in [-0.3, -0.25) is 0 Å². The number of aryl methyl sites for hydroxylation is 2. The van der Waals surface area contributed by atoms with E-state index in [1.54, 1.807) is 12.1 Å². The van der Waals surface area contributed by atoms with E-state index >= 15 is 0 Å². The van der Waals surface area contributed by atoms with Gasteiger partial charge < -0.3 is 9.13 Å². The van der Waals surface area contributed by atoms with Crippen LogP contribution in [-0.2, 0) is 20.0 Å². The summed E-state index contributed by atoms with van der Waals surface area (Å²) >= 11 is 6.07. The van der Waals surface area contributed by atoms with E-state index in [4.69, 9.17) is 21.6 Å². The molecular formula is C23H20ClFN4. The van der Waals surface area contributed by atoms with E-state index in [0.29, 0.717) is 5.02 Å². The first-order valence-electron chi connectivity index (χ1n) is 9.75. The Balaban J connectivity index is 1.81. The van der Waals surface area contributed by atoms with Gasteiger partial charge in [0.05, 0.1) is 16.8 Å². The van der Waals surface area contributed by atoms with Crippen LogP contribution in [0, 0.1) is 5.82 Å². The van der Waals surface area contributed by atoms with Crippen LogP contribution in [0.15, 0.2) is 59.6 Å². The lowest BCUT2D eigenvalue weighted by molar-refractivity contribution is 0.496. The fraction of sp³-hybridized carbons (Fsp3) is 0.217. The fourth-order valence-corrected chi connectivity index (χ4v) is 4.10. The molecule has 4 aromatic rings. The zero-order valence-electron chi connectivity index (χ0n) is 16.1. The van der Waals surface area contributed by atoms with Crippen molar-refractivity contribution in [2.24, 2.45) is 12.0 Å². The fourth-order valence-electron chi connectivity index (χ4n) is 3.98. The molecule has 0 amide bonds. The number of halogens is 2. The summed E-state index contributed by atoms with van der Waals surface area (Å²) < 4.78 is 17.7. The van der Waals surface area contributed by atoms with Crippen LogP contribution in [-0.4, -0.2) is 14.1 Å². The van der Waals surface area contributed by atoms with Gasteiger partial charge in [0.25, 0.3) is 0 Å². The van der Waals surface area contributed by atoms with Gasteiger partial charge in [0.2, 0.25) is 0 Å². The molecular weight excluding hydrogens is 387 g/mol. The topological polar surface area (TPSA) is 35.1 Å². The van der Waals surface area contributed by atoms with Crippen LogP contribution in [0.3, 0.4) is 0 Å². The van der Waals surface area contributed by atoms with E-state index in [1.165, 1.54) is 12.1 Å². The van der Waals surface area contributed by atoms with E-state index < -0.39 is 0 Å². The molecule has 0 aliphatic carbocycles. The summed E-state index contributed by atoms with van der Waals surface area (Å²) in [5.74, 6) is 0.789. The molecule has 0 saturated carbocycles. The van der Waals surface area contributed by atoms with Crippen LogP contribution in [0.4, 0.5) is 10.1 Å². The number of fused-ring (bicyclic) bond motifs is 2. The molecule has 2 aromatic heterocycles. The Kier molecular flexibility index (Phi) is 4.47. The lowest BCUT2D eigenvalue weighted by atomic mass is 10.1. The first-order chi connectivity index (χ1) is 14.1. The average Bonchev–Trinajstić information content (AvgIpc) is 3.06. The minimum atomic E-state index is -0.261. The Morgan fingerprint density at radius 3 is 2.55 bits per heavy atom. The van der Waals surface area contributed by atoms with Gasteiger partial charge in [-0.1, -0.05) is 23.7 Å². The molecule has 0 spiro atoms. The second kappa shape index (κ2) is 7.16. The summed E-state index contributed by atoms with van der Waals surface area (Å²) in [6.07, 6.45) is 3.17. The van der Waals surface area contributed by atoms with E-state index in [1.807, 2.05) is 31.3 Å². The summed E-state index contributed by atoms with van der Waals surface area (Å²) in [5, 5.41) is 1.70. The molecule has 3 heterocycles. The maximum absolute atomic E-state index is 13.4. The third kappa shape index (κ3) is 3.25. The van der Waals surface area contributed by atoms with Crippen LogP contribution >= 0.6 is 11.6 Å². The molecule has 0 radical (unpaired) electrons. The molecule has 4 nitrogen and oxygen atoms in total. The Bertz CT molecular complexity index is 1270. The van der Waals surface area contributed by atoms with Gasteiger partial charge in [-0.05, 0) is 60.9 Å². The number of nitrogens with zero attached hydrogens (tertiary/aromatic N) is 4. The molecule has 6 heteroatoms. The Morgan fingerprint density at radius 2 is 1.79 bits per heavy atom. The van der Waals surface area contributed by atoms with Gasteiger partial charge in [-0.25, -0.2) is 14.4 Å². The Morgan fingerprint density at radius 1 is 1.03 bits per heavy atom. The van der Waals surface area contributed by atoms with Crippen LogP contribution in [0.25, 0.3) is 22.3 Å². The molecule has 0 N–H and O–H groups in total. The van der Waals surface area contributed by atoms with Crippen LogP contribution in [0.2, 0.25) is 5.02 Å². The van der Waals surface area contributed by atoms with Crippen molar-refractivity contribution in [3.8, 4) is 11.3 Å². The highest BCUT2D eigenvalue weighted by atomic mass is 35.5. The van der Waals surface area contributed by atoms with Crippen molar-refractivity contribution in [1.82, 2.24) is 14.1 Å². The van der Waals surface area contributed by atoms with Crippen molar-refractivity contribution in [2.45, 2.75) is 25.8 Å².